The van der Waals surface area contributed by atoms with E-state index in [1.807, 2.05) is 20.8 Å². The van der Waals surface area contributed by atoms with Crippen molar-refractivity contribution < 1.29 is 42.1 Å². The molecule has 1 unspecified atom stereocenters. The number of ether oxygens (including phenoxy) is 3. The van der Waals surface area contributed by atoms with Crippen molar-refractivity contribution in [2.45, 2.75) is 52.0 Å². The van der Waals surface area contributed by atoms with Crippen molar-refractivity contribution in [3.8, 4) is 17.2 Å². The molecule has 1 amide bonds. The van der Waals surface area contributed by atoms with E-state index in [2.05, 4.69) is 5.32 Å². The van der Waals surface area contributed by atoms with Crippen LogP contribution in [0.1, 0.15) is 61.4 Å². The number of anilines is 1. The van der Waals surface area contributed by atoms with E-state index in [0.717, 1.165) is 6.42 Å². The van der Waals surface area contributed by atoms with Crippen molar-refractivity contribution in [1.82, 2.24) is 4.90 Å². The average Bonchev–Trinajstić information content (AvgIpc) is 3.62. The highest BCUT2D eigenvalue weighted by molar-refractivity contribution is 5.94. The van der Waals surface area contributed by atoms with Crippen LogP contribution in [-0.4, -0.2) is 48.4 Å². The number of carbonyl (C=O) groups excluding carboxylic acids is 1. The number of likely N-dealkylation sites (tertiary alicyclic amines) is 1. The predicted molar refractivity (Wildman–Crippen MR) is 157 cm³/mol. The largest absolute Gasteiger partial charge is 0.494 e. The fourth-order valence-corrected chi connectivity index (χ4v) is 6.17. The first kappa shape index (κ1) is 31.2. The van der Waals surface area contributed by atoms with Crippen molar-refractivity contribution >= 4 is 17.6 Å². The Labute approximate surface area is 253 Å². The molecule has 0 saturated carbocycles. The highest BCUT2D eigenvalue weighted by Gasteiger charge is 2.49. The number of amides is 1. The van der Waals surface area contributed by atoms with Gasteiger partial charge in [0, 0.05) is 29.8 Å². The smallest absolute Gasteiger partial charge is 0.309 e. The van der Waals surface area contributed by atoms with E-state index in [9.17, 15) is 23.5 Å². The zero-order valence-electron chi connectivity index (χ0n) is 24.8. The lowest BCUT2D eigenvalue weighted by molar-refractivity contribution is -0.143. The van der Waals surface area contributed by atoms with Crippen LogP contribution in [0, 0.1) is 23.4 Å². The lowest BCUT2D eigenvalue weighted by atomic mass is 9.82. The molecule has 11 heteroatoms. The van der Waals surface area contributed by atoms with Crippen LogP contribution in [0.3, 0.4) is 0 Å². The highest BCUT2D eigenvalue weighted by Crippen LogP contribution is 2.49. The molecule has 0 aliphatic carbocycles. The molecule has 3 atom stereocenters. The number of aryl methyl sites for hydroxylation is 2. The number of rotatable bonds is 11. The van der Waals surface area contributed by atoms with Gasteiger partial charge < -0.3 is 24.6 Å². The Hall–Kier alpha value is -4.25. The summed E-state index contributed by atoms with van der Waals surface area (Å²) >= 11 is 0. The first-order chi connectivity index (χ1) is 21.1. The highest BCUT2D eigenvalue weighted by atomic mass is 19.1. The molecule has 0 bridgehead atoms. The summed E-state index contributed by atoms with van der Waals surface area (Å²) < 4.78 is 61.0. The molecule has 2 N–H and O–H groups in total. The molecule has 3 aromatic rings. The van der Waals surface area contributed by atoms with E-state index in [-0.39, 0.29) is 36.9 Å². The van der Waals surface area contributed by atoms with Crippen LogP contribution in [0.2, 0.25) is 0 Å². The molecule has 234 valence electrons. The van der Waals surface area contributed by atoms with Crippen molar-refractivity contribution in [2.24, 2.45) is 5.92 Å². The summed E-state index contributed by atoms with van der Waals surface area (Å²) in [6, 6.07) is 8.63. The Kier molecular flexibility index (Phi) is 9.33. The van der Waals surface area contributed by atoms with E-state index >= 15 is 4.39 Å². The molecule has 0 aromatic heterocycles. The molecule has 3 aromatic carbocycles. The molecule has 2 aliphatic rings. The van der Waals surface area contributed by atoms with Crippen LogP contribution in [0.15, 0.2) is 42.5 Å². The van der Waals surface area contributed by atoms with E-state index in [0.29, 0.717) is 47.6 Å². The lowest BCUT2D eigenvalue weighted by Crippen LogP contribution is -2.36. The number of nitrogens with zero attached hydrogens (tertiary/aromatic N) is 1. The predicted octanol–water partition coefficient (Wildman–Crippen LogP) is 6.23. The van der Waals surface area contributed by atoms with Gasteiger partial charge in [0.05, 0.1) is 25.1 Å². The first-order valence-electron chi connectivity index (χ1n) is 14.7. The van der Waals surface area contributed by atoms with E-state index in [4.69, 9.17) is 14.2 Å². The third-order valence-electron chi connectivity index (χ3n) is 8.16. The van der Waals surface area contributed by atoms with Gasteiger partial charge in [0.2, 0.25) is 18.4 Å². The minimum absolute atomic E-state index is 0.00630. The number of hydrogen-bond donors (Lipinski definition) is 2. The van der Waals surface area contributed by atoms with Crippen molar-refractivity contribution in [3.63, 3.8) is 0 Å². The molecular formula is C33H35F3N2O6. The Morgan fingerprint density at radius 3 is 2.36 bits per heavy atom. The maximum absolute atomic E-state index is 15.7. The monoisotopic (exact) mass is 612 g/mol. The Balaban J connectivity index is 1.53. The summed E-state index contributed by atoms with van der Waals surface area (Å²) in [5.41, 5.74) is 2.15. The Bertz CT molecular complexity index is 1540. The van der Waals surface area contributed by atoms with Crippen molar-refractivity contribution in [1.29, 1.82) is 0 Å². The summed E-state index contributed by atoms with van der Waals surface area (Å²) in [6.07, 6.45) is 1.67. The van der Waals surface area contributed by atoms with Gasteiger partial charge in [0.15, 0.2) is 11.6 Å². The number of carbonyl (C=O) groups is 2. The minimum atomic E-state index is -1.25. The zero-order valence-corrected chi connectivity index (χ0v) is 24.8. The fraction of sp³-hybridized carbons (Fsp3) is 0.394. The fourth-order valence-electron chi connectivity index (χ4n) is 6.17. The third kappa shape index (κ3) is 6.19. The number of benzene rings is 3. The quantitative estimate of drug-likeness (QED) is 0.265. The normalized spacial score (nSPS) is 19.3. The molecule has 44 heavy (non-hydrogen) atoms. The number of aliphatic carboxylic acids is 1. The van der Waals surface area contributed by atoms with Crippen molar-refractivity contribution in [3.05, 3.63) is 82.2 Å². The van der Waals surface area contributed by atoms with Crippen LogP contribution >= 0.6 is 0 Å². The van der Waals surface area contributed by atoms with Gasteiger partial charge in [-0.1, -0.05) is 26.8 Å². The summed E-state index contributed by atoms with van der Waals surface area (Å²) in [7, 11) is 0. The summed E-state index contributed by atoms with van der Waals surface area (Å²) in [5, 5.41) is 13.4. The summed E-state index contributed by atoms with van der Waals surface area (Å²) in [5.74, 6) is -5.18. The van der Waals surface area contributed by atoms with Gasteiger partial charge >= 0.3 is 5.97 Å². The van der Waals surface area contributed by atoms with Crippen LogP contribution in [0.25, 0.3) is 0 Å². The molecule has 0 radical (unpaired) electrons. The van der Waals surface area contributed by atoms with Gasteiger partial charge in [-0.15, -0.1) is 0 Å². The van der Waals surface area contributed by atoms with Gasteiger partial charge in [-0.2, -0.15) is 0 Å². The number of carboxylic acid groups (broad SMARTS) is 1. The Morgan fingerprint density at radius 1 is 1.00 bits per heavy atom. The number of halogens is 3. The SMILES string of the molecule is CCCOc1ccc([C@H]2C(C(=O)O)[C@@H](c3cc(F)c4c(c3)OCO4)CN2CC(=O)Nc2c(CC)cc(F)cc2CC)c(F)c1. The molecule has 2 aliphatic heterocycles. The van der Waals surface area contributed by atoms with Gasteiger partial charge in [-0.3, -0.25) is 14.5 Å². The number of hydrogen-bond acceptors (Lipinski definition) is 6. The van der Waals surface area contributed by atoms with E-state index in [1.54, 1.807) is 11.0 Å². The maximum Gasteiger partial charge on any atom is 0.309 e. The average molecular weight is 613 g/mol. The van der Waals surface area contributed by atoms with Gasteiger partial charge in [0.25, 0.3) is 0 Å². The standard InChI is InChI=1S/C33H35F3N2O6/c1-4-9-42-22-7-8-23(25(35)14-22)31-29(33(40)41)24(20-12-26(36)32-27(13-20)43-17-44-32)15-38(31)16-28(39)37-30-18(5-2)10-21(34)11-19(30)6-3/h7-8,10-14,24,29,31H,4-6,9,15-17H2,1-3H3,(H,37,39)(H,40,41)/t24-,29?,31+/m1/s1. The molecule has 2 heterocycles. The van der Waals surface area contributed by atoms with Crippen LogP contribution < -0.4 is 19.5 Å². The third-order valence-corrected chi connectivity index (χ3v) is 8.16. The topological polar surface area (TPSA) is 97.3 Å². The van der Waals surface area contributed by atoms with Gasteiger partial charge in [-0.25, -0.2) is 13.2 Å². The zero-order chi connectivity index (χ0) is 31.5. The second-order valence-electron chi connectivity index (χ2n) is 11.0. The molecule has 1 fully saturated rings. The molecule has 8 nitrogen and oxygen atoms in total. The van der Waals surface area contributed by atoms with Crippen molar-refractivity contribution in [2.75, 3.05) is 31.8 Å². The first-order valence-corrected chi connectivity index (χ1v) is 14.7. The van der Waals surface area contributed by atoms with Crippen LogP contribution in [-0.2, 0) is 22.4 Å². The van der Waals surface area contributed by atoms with Crippen LogP contribution in [0.4, 0.5) is 18.9 Å². The second kappa shape index (κ2) is 13.2. The van der Waals surface area contributed by atoms with E-state index in [1.165, 1.54) is 36.4 Å². The number of fused-ring (bicyclic) bond motifs is 1. The molecule has 0 spiro atoms. The lowest BCUT2D eigenvalue weighted by Gasteiger charge is -2.27. The van der Waals surface area contributed by atoms with Gasteiger partial charge in [0.1, 0.15) is 17.4 Å². The second-order valence-corrected chi connectivity index (χ2v) is 11.0. The van der Waals surface area contributed by atoms with E-state index < -0.39 is 47.2 Å². The van der Waals surface area contributed by atoms with Gasteiger partial charge in [-0.05, 0) is 66.3 Å². The minimum Gasteiger partial charge on any atom is -0.494 e. The maximum atomic E-state index is 15.7. The molecule has 1 saturated heterocycles. The van der Waals surface area contributed by atoms with Crippen LogP contribution in [0.5, 0.6) is 17.2 Å². The Morgan fingerprint density at radius 2 is 1.73 bits per heavy atom. The number of nitrogens with one attached hydrogen (secondary N) is 1. The number of carboxylic acids is 1. The molecule has 5 rings (SSSR count). The molecular weight excluding hydrogens is 577 g/mol. The summed E-state index contributed by atoms with van der Waals surface area (Å²) in [4.78, 5) is 28.0. The summed E-state index contributed by atoms with van der Waals surface area (Å²) in [6.45, 7) is 5.54.